The molecule has 2 aliphatic rings. The number of hydrogen-bond donors (Lipinski definition) is 0. The van der Waals surface area contributed by atoms with E-state index in [1.165, 1.54) is 38.9 Å². The van der Waals surface area contributed by atoms with Crippen molar-refractivity contribution in [1.82, 2.24) is 0 Å². The Morgan fingerprint density at radius 3 is 2.52 bits per heavy atom. The maximum Gasteiger partial charge on any atom is 0.127 e. The van der Waals surface area contributed by atoms with E-state index < -0.39 is 0 Å². The number of hydrogen-bond acceptors (Lipinski definition) is 2. The molecule has 0 saturated carbocycles. The molecular formula is C23H20O2. The Balaban J connectivity index is 1.62. The molecule has 0 aromatic heterocycles. The second-order valence-electron chi connectivity index (χ2n) is 6.93. The van der Waals surface area contributed by atoms with Crippen molar-refractivity contribution in [3.05, 3.63) is 77.4 Å². The van der Waals surface area contributed by atoms with Gasteiger partial charge in [-0.25, -0.2) is 0 Å². The van der Waals surface area contributed by atoms with E-state index in [1.54, 1.807) is 0 Å². The summed E-state index contributed by atoms with van der Waals surface area (Å²) >= 11 is 0. The summed E-state index contributed by atoms with van der Waals surface area (Å²) in [6, 6.07) is 21.8. The van der Waals surface area contributed by atoms with Crippen LogP contribution in [0.2, 0.25) is 0 Å². The fourth-order valence-electron chi connectivity index (χ4n) is 3.74. The molecule has 1 unspecified atom stereocenters. The second-order valence-corrected chi connectivity index (χ2v) is 6.93. The molecule has 1 atom stereocenters. The van der Waals surface area contributed by atoms with Crippen LogP contribution >= 0.6 is 0 Å². The van der Waals surface area contributed by atoms with Gasteiger partial charge in [-0.3, -0.25) is 0 Å². The monoisotopic (exact) mass is 328 g/mol. The number of fused-ring (bicyclic) bond motifs is 3. The van der Waals surface area contributed by atoms with Crippen molar-refractivity contribution in [2.75, 3.05) is 13.2 Å². The fraction of sp³-hybridized carbons (Fsp3) is 0.217. The molecule has 1 aliphatic carbocycles. The number of rotatable bonds is 4. The second kappa shape index (κ2) is 5.75. The van der Waals surface area contributed by atoms with Crippen molar-refractivity contribution in [3.8, 4) is 28.0 Å². The Morgan fingerprint density at radius 1 is 0.920 bits per heavy atom. The highest BCUT2D eigenvalue weighted by atomic mass is 16.6. The van der Waals surface area contributed by atoms with Gasteiger partial charge in [0, 0.05) is 5.56 Å². The van der Waals surface area contributed by atoms with Crippen molar-refractivity contribution in [3.63, 3.8) is 0 Å². The van der Waals surface area contributed by atoms with E-state index in [-0.39, 0.29) is 6.10 Å². The predicted molar refractivity (Wildman–Crippen MR) is 100 cm³/mol. The minimum atomic E-state index is 0.264. The molecule has 0 N–H and O–H groups in total. The average Bonchev–Trinajstić information content (AvgIpc) is 3.39. The highest BCUT2D eigenvalue weighted by Gasteiger charge is 2.25. The quantitative estimate of drug-likeness (QED) is 0.491. The van der Waals surface area contributed by atoms with Crippen molar-refractivity contribution in [2.24, 2.45) is 0 Å². The predicted octanol–water partition coefficient (Wildman–Crippen LogP) is 5.01. The van der Waals surface area contributed by atoms with Crippen LogP contribution in [0.4, 0.5) is 0 Å². The molecule has 1 saturated heterocycles. The maximum absolute atomic E-state index is 6.08. The van der Waals surface area contributed by atoms with Crippen LogP contribution in [0.25, 0.3) is 22.3 Å². The van der Waals surface area contributed by atoms with E-state index >= 15 is 0 Å². The van der Waals surface area contributed by atoms with Gasteiger partial charge in [0.2, 0.25) is 0 Å². The first-order chi connectivity index (χ1) is 12.3. The number of benzene rings is 3. The van der Waals surface area contributed by atoms with Crippen LogP contribution < -0.4 is 4.74 Å². The van der Waals surface area contributed by atoms with E-state index in [0.717, 1.165) is 18.8 Å². The Morgan fingerprint density at radius 2 is 1.68 bits per heavy atom. The number of ether oxygens (including phenoxy) is 2. The molecule has 1 fully saturated rings. The molecule has 3 aromatic carbocycles. The zero-order valence-corrected chi connectivity index (χ0v) is 14.3. The summed E-state index contributed by atoms with van der Waals surface area (Å²) in [5.41, 5.74) is 9.24. The Labute approximate surface area is 148 Å². The molecule has 2 nitrogen and oxygen atoms in total. The summed E-state index contributed by atoms with van der Waals surface area (Å²) < 4.78 is 11.4. The normalized spacial score (nSPS) is 17.1. The van der Waals surface area contributed by atoms with Crippen LogP contribution in [0.5, 0.6) is 5.75 Å². The zero-order chi connectivity index (χ0) is 16.8. The van der Waals surface area contributed by atoms with Crippen LogP contribution in [0, 0.1) is 6.92 Å². The lowest BCUT2D eigenvalue weighted by atomic mass is 9.94. The lowest BCUT2D eigenvalue weighted by Crippen LogP contribution is -2.05. The van der Waals surface area contributed by atoms with Crippen LogP contribution in [-0.2, 0) is 11.2 Å². The van der Waals surface area contributed by atoms with Crippen molar-refractivity contribution in [1.29, 1.82) is 0 Å². The van der Waals surface area contributed by atoms with Gasteiger partial charge in [-0.05, 0) is 53.3 Å². The third-order valence-electron chi connectivity index (χ3n) is 5.10. The molecule has 3 aromatic rings. The Kier molecular flexibility index (Phi) is 3.39. The Bertz CT molecular complexity index is 954. The van der Waals surface area contributed by atoms with E-state index in [9.17, 15) is 0 Å². The number of aryl methyl sites for hydroxylation is 1. The molecule has 0 radical (unpaired) electrons. The first kappa shape index (κ1) is 14.7. The SMILES string of the molecule is Cc1ccc(OCC2CO2)c(-c2cccc3c2Cc2ccccc2-3)c1. The Hall–Kier alpha value is -2.58. The summed E-state index contributed by atoms with van der Waals surface area (Å²) in [5.74, 6) is 0.949. The van der Waals surface area contributed by atoms with Gasteiger partial charge in [0.05, 0.1) is 6.61 Å². The molecule has 1 heterocycles. The van der Waals surface area contributed by atoms with Gasteiger partial charge in [-0.1, -0.05) is 54.1 Å². The molecule has 0 bridgehead atoms. The van der Waals surface area contributed by atoms with Crippen molar-refractivity contribution in [2.45, 2.75) is 19.4 Å². The lowest BCUT2D eigenvalue weighted by Gasteiger charge is -2.15. The molecular weight excluding hydrogens is 308 g/mol. The van der Waals surface area contributed by atoms with Crippen LogP contribution in [0.15, 0.2) is 60.7 Å². The molecule has 124 valence electrons. The van der Waals surface area contributed by atoms with E-state index in [0.29, 0.717) is 6.61 Å². The van der Waals surface area contributed by atoms with Gasteiger partial charge in [0.25, 0.3) is 0 Å². The molecule has 25 heavy (non-hydrogen) atoms. The molecule has 0 amide bonds. The van der Waals surface area contributed by atoms with Gasteiger partial charge in [-0.2, -0.15) is 0 Å². The topological polar surface area (TPSA) is 21.8 Å². The van der Waals surface area contributed by atoms with Crippen LogP contribution in [0.1, 0.15) is 16.7 Å². The highest BCUT2D eigenvalue weighted by molar-refractivity contribution is 5.86. The largest absolute Gasteiger partial charge is 0.490 e. The smallest absolute Gasteiger partial charge is 0.127 e. The van der Waals surface area contributed by atoms with Gasteiger partial charge < -0.3 is 9.47 Å². The summed E-state index contributed by atoms with van der Waals surface area (Å²) in [5, 5.41) is 0. The standard InChI is InChI=1S/C23H20O2/c1-15-9-10-23(25-14-17-13-24-17)22(11-15)20-8-4-7-19-18-6-3-2-5-16(18)12-21(19)20/h2-11,17H,12-14H2,1H3. The summed E-state index contributed by atoms with van der Waals surface area (Å²) in [6.07, 6.45) is 1.25. The van der Waals surface area contributed by atoms with Crippen LogP contribution in [-0.4, -0.2) is 19.3 Å². The molecule has 1 aliphatic heterocycles. The fourth-order valence-corrected chi connectivity index (χ4v) is 3.74. The van der Waals surface area contributed by atoms with Crippen molar-refractivity contribution < 1.29 is 9.47 Å². The zero-order valence-electron chi connectivity index (χ0n) is 14.3. The molecule has 0 spiro atoms. The van der Waals surface area contributed by atoms with Gasteiger partial charge in [-0.15, -0.1) is 0 Å². The third kappa shape index (κ3) is 2.63. The van der Waals surface area contributed by atoms with Gasteiger partial charge in [0.15, 0.2) is 0 Å². The first-order valence-corrected chi connectivity index (χ1v) is 8.85. The average molecular weight is 328 g/mol. The summed E-state index contributed by atoms with van der Waals surface area (Å²) in [7, 11) is 0. The number of epoxide rings is 1. The van der Waals surface area contributed by atoms with Gasteiger partial charge in [0.1, 0.15) is 18.5 Å². The minimum absolute atomic E-state index is 0.264. The van der Waals surface area contributed by atoms with E-state index in [4.69, 9.17) is 9.47 Å². The van der Waals surface area contributed by atoms with Crippen LogP contribution in [0.3, 0.4) is 0 Å². The molecule has 5 rings (SSSR count). The molecule has 2 heteroatoms. The lowest BCUT2D eigenvalue weighted by molar-refractivity contribution is 0.264. The summed E-state index contributed by atoms with van der Waals surface area (Å²) in [4.78, 5) is 0. The first-order valence-electron chi connectivity index (χ1n) is 8.85. The third-order valence-corrected chi connectivity index (χ3v) is 5.10. The van der Waals surface area contributed by atoms with E-state index in [1.807, 2.05) is 0 Å². The minimum Gasteiger partial charge on any atom is -0.490 e. The highest BCUT2D eigenvalue weighted by Crippen LogP contribution is 2.43. The van der Waals surface area contributed by atoms with Gasteiger partial charge >= 0.3 is 0 Å². The van der Waals surface area contributed by atoms with Crippen molar-refractivity contribution >= 4 is 0 Å². The maximum atomic E-state index is 6.08. The summed E-state index contributed by atoms with van der Waals surface area (Å²) in [6.45, 7) is 3.58. The van der Waals surface area contributed by atoms with E-state index in [2.05, 4.69) is 67.6 Å².